The standard InChI is InChI=1S/C30H36O7/c1-2-10-26-24-33-19-22-37-30-14-6-5-13-29(30)35-20-17-31-15-7-8-16-34-27-11-3-4-12-28(27)36-21-18-32-23-25(26)9-1/h1-6,9-14H,7-8,15-24H2. The van der Waals surface area contributed by atoms with E-state index in [1.165, 1.54) is 0 Å². The summed E-state index contributed by atoms with van der Waals surface area (Å²) < 4.78 is 41.2. The number of fused-ring (bicyclic) bond motifs is 3. The van der Waals surface area contributed by atoms with E-state index in [9.17, 15) is 0 Å². The molecule has 4 rings (SSSR count). The van der Waals surface area contributed by atoms with Gasteiger partial charge in [0.25, 0.3) is 0 Å². The summed E-state index contributed by atoms with van der Waals surface area (Å²) in [4.78, 5) is 0. The second-order valence-corrected chi connectivity index (χ2v) is 8.48. The first-order valence-corrected chi connectivity index (χ1v) is 12.9. The van der Waals surface area contributed by atoms with Gasteiger partial charge in [0, 0.05) is 6.61 Å². The third kappa shape index (κ3) is 9.28. The Morgan fingerprint density at radius 1 is 0.351 bits per heavy atom. The van der Waals surface area contributed by atoms with E-state index in [4.69, 9.17) is 33.2 Å². The lowest BCUT2D eigenvalue weighted by molar-refractivity contribution is 0.0764. The highest BCUT2D eigenvalue weighted by Gasteiger charge is 2.07. The Kier molecular flexibility index (Phi) is 11.4. The van der Waals surface area contributed by atoms with Gasteiger partial charge in [0.2, 0.25) is 0 Å². The van der Waals surface area contributed by atoms with E-state index in [0.717, 1.165) is 35.5 Å². The summed E-state index contributed by atoms with van der Waals surface area (Å²) in [7, 11) is 0. The predicted octanol–water partition coefficient (Wildman–Crippen LogP) is 5.45. The monoisotopic (exact) mass is 508 g/mol. The lowest BCUT2D eigenvalue weighted by Gasteiger charge is -2.14. The van der Waals surface area contributed by atoms with Crippen molar-refractivity contribution in [1.29, 1.82) is 0 Å². The summed E-state index contributed by atoms with van der Waals surface area (Å²) in [5.41, 5.74) is 2.19. The molecule has 0 atom stereocenters. The minimum absolute atomic E-state index is 0.427. The van der Waals surface area contributed by atoms with Crippen LogP contribution in [0.2, 0.25) is 0 Å². The summed E-state index contributed by atoms with van der Waals surface area (Å²) in [6.07, 6.45) is 1.79. The van der Waals surface area contributed by atoms with E-state index in [2.05, 4.69) is 12.1 Å². The van der Waals surface area contributed by atoms with Crippen LogP contribution < -0.4 is 18.9 Å². The minimum Gasteiger partial charge on any atom is -0.490 e. The molecule has 0 saturated heterocycles. The van der Waals surface area contributed by atoms with Gasteiger partial charge in [0.05, 0.1) is 39.6 Å². The zero-order chi connectivity index (χ0) is 25.4. The van der Waals surface area contributed by atoms with Gasteiger partial charge < -0.3 is 33.2 Å². The zero-order valence-electron chi connectivity index (χ0n) is 21.3. The fourth-order valence-electron chi connectivity index (χ4n) is 3.80. The normalized spacial score (nSPS) is 17.0. The average molecular weight is 509 g/mol. The summed E-state index contributed by atoms with van der Waals surface area (Å²) in [5, 5.41) is 0. The van der Waals surface area contributed by atoms with Crippen molar-refractivity contribution >= 4 is 0 Å². The minimum atomic E-state index is 0.427. The van der Waals surface area contributed by atoms with Crippen LogP contribution in [0.1, 0.15) is 24.0 Å². The van der Waals surface area contributed by atoms with E-state index >= 15 is 0 Å². The first kappa shape index (κ1) is 26.8. The van der Waals surface area contributed by atoms with E-state index < -0.39 is 0 Å². The summed E-state index contributed by atoms with van der Waals surface area (Å²) >= 11 is 0. The Balaban J connectivity index is 1.34. The first-order valence-electron chi connectivity index (χ1n) is 12.9. The topological polar surface area (TPSA) is 64.6 Å². The van der Waals surface area contributed by atoms with Crippen LogP contribution in [0.15, 0.2) is 72.8 Å². The Morgan fingerprint density at radius 3 is 1.22 bits per heavy atom. The van der Waals surface area contributed by atoms with Gasteiger partial charge in [-0.3, -0.25) is 0 Å². The van der Waals surface area contributed by atoms with Crippen LogP contribution in [-0.4, -0.2) is 52.9 Å². The molecule has 0 amide bonds. The summed E-state index contributed by atoms with van der Waals surface area (Å²) in [5.74, 6) is 2.87. The zero-order valence-corrected chi connectivity index (χ0v) is 21.3. The number of hydrogen-bond acceptors (Lipinski definition) is 7. The molecule has 7 heteroatoms. The number of para-hydroxylation sites is 4. The first-order chi connectivity index (χ1) is 18.4. The van der Waals surface area contributed by atoms with E-state index in [0.29, 0.717) is 77.6 Å². The number of rotatable bonds is 0. The Hall–Kier alpha value is -3.26. The predicted molar refractivity (Wildman–Crippen MR) is 141 cm³/mol. The Bertz CT molecular complexity index is 973. The van der Waals surface area contributed by atoms with Crippen molar-refractivity contribution in [3.63, 3.8) is 0 Å². The maximum absolute atomic E-state index is 5.95. The summed E-state index contributed by atoms with van der Waals surface area (Å²) in [6.45, 7) is 4.99. The number of benzene rings is 3. The molecular formula is C30H36O7. The molecule has 1 heterocycles. The fourth-order valence-corrected chi connectivity index (χ4v) is 3.80. The third-order valence-corrected chi connectivity index (χ3v) is 5.73. The second kappa shape index (κ2) is 15.8. The van der Waals surface area contributed by atoms with Gasteiger partial charge in [0.1, 0.15) is 19.8 Å². The average Bonchev–Trinajstić information content (AvgIpc) is 2.93. The molecule has 3 aromatic rings. The van der Waals surface area contributed by atoms with Gasteiger partial charge in [-0.1, -0.05) is 48.5 Å². The van der Waals surface area contributed by atoms with E-state index in [1.807, 2.05) is 60.7 Å². The van der Waals surface area contributed by atoms with Crippen LogP contribution in [0.4, 0.5) is 0 Å². The van der Waals surface area contributed by atoms with Crippen molar-refractivity contribution < 1.29 is 33.2 Å². The van der Waals surface area contributed by atoms with Crippen molar-refractivity contribution in [2.75, 3.05) is 52.9 Å². The molecule has 0 spiro atoms. The van der Waals surface area contributed by atoms with Gasteiger partial charge in [-0.2, -0.15) is 0 Å². The quantitative estimate of drug-likeness (QED) is 0.400. The van der Waals surface area contributed by atoms with Gasteiger partial charge in [-0.05, 0) is 48.2 Å². The van der Waals surface area contributed by atoms with Gasteiger partial charge in [-0.15, -0.1) is 0 Å². The molecule has 0 aromatic heterocycles. The fraction of sp³-hybridized carbons (Fsp3) is 0.400. The highest BCUT2D eigenvalue weighted by Crippen LogP contribution is 2.27. The van der Waals surface area contributed by atoms with Crippen molar-refractivity contribution in [3.8, 4) is 23.0 Å². The third-order valence-electron chi connectivity index (χ3n) is 5.73. The van der Waals surface area contributed by atoms with Crippen molar-refractivity contribution in [3.05, 3.63) is 83.9 Å². The SMILES string of the molecule is c1ccc2c(c1)COCCOc1ccccc1OCCCCOCCOc1ccccc1OCCOC2. The molecule has 3 aromatic carbocycles. The van der Waals surface area contributed by atoms with E-state index in [-0.39, 0.29) is 0 Å². The largest absolute Gasteiger partial charge is 0.490 e. The van der Waals surface area contributed by atoms with Gasteiger partial charge in [-0.25, -0.2) is 0 Å². The lowest BCUT2D eigenvalue weighted by Crippen LogP contribution is -2.11. The van der Waals surface area contributed by atoms with Crippen molar-refractivity contribution in [2.24, 2.45) is 0 Å². The van der Waals surface area contributed by atoms with Crippen LogP contribution in [-0.2, 0) is 27.4 Å². The molecule has 1 aliphatic heterocycles. The second-order valence-electron chi connectivity index (χ2n) is 8.48. The Morgan fingerprint density at radius 2 is 0.730 bits per heavy atom. The maximum Gasteiger partial charge on any atom is 0.161 e. The molecule has 0 N–H and O–H groups in total. The summed E-state index contributed by atoms with van der Waals surface area (Å²) in [6, 6.07) is 23.5. The molecule has 0 aliphatic carbocycles. The van der Waals surface area contributed by atoms with Gasteiger partial charge in [0.15, 0.2) is 23.0 Å². The molecule has 0 unspecified atom stereocenters. The van der Waals surface area contributed by atoms with Crippen LogP contribution in [0, 0.1) is 0 Å². The number of ether oxygens (including phenoxy) is 7. The molecule has 0 radical (unpaired) electrons. The van der Waals surface area contributed by atoms with E-state index in [1.54, 1.807) is 0 Å². The van der Waals surface area contributed by atoms with Crippen LogP contribution in [0.25, 0.3) is 0 Å². The molecule has 0 fully saturated rings. The van der Waals surface area contributed by atoms with Crippen molar-refractivity contribution in [2.45, 2.75) is 26.1 Å². The molecule has 1 aliphatic rings. The highest BCUT2D eigenvalue weighted by molar-refractivity contribution is 5.40. The van der Waals surface area contributed by atoms with Crippen LogP contribution in [0.5, 0.6) is 23.0 Å². The molecule has 198 valence electrons. The molecule has 7 nitrogen and oxygen atoms in total. The van der Waals surface area contributed by atoms with Gasteiger partial charge >= 0.3 is 0 Å². The molecule has 0 saturated carbocycles. The molecular weight excluding hydrogens is 472 g/mol. The highest BCUT2D eigenvalue weighted by atomic mass is 16.6. The number of hydrogen-bond donors (Lipinski definition) is 0. The van der Waals surface area contributed by atoms with Crippen LogP contribution in [0.3, 0.4) is 0 Å². The molecule has 37 heavy (non-hydrogen) atoms. The lowest BCUT2D eigenvalue weighted by atomic mass is 10.1. The maximum atomic E-state index is 5.95. The van der Waals surface area contributed by atoms with Crippen LogP contribution >= 0.6 is 0 Å². The molecule has 0 bridgehead atoms. The Labute approximate surface area is 219 Å². The smallest absolute Gasteiger partial charge is 0.161 e. The van der Waals surface area contributed by atoms with Crippen molar-refractivity contribution in [1.82, 2.24) is 0 Å².